The van der Waals surface area contributed by atoms with Crippen LogP contribution < -0.4 is 5.32 Å². The molecule has 122 valence electrons. The number of carbonyl (C=O) groups is 2. The van der Waals surface area contributed by atoms with E-state index in [1.54, 1.807) is 0 Å². The van der Waals surface area contributed by atoms with Crippen LogP contribution in [0.3, 0.4) is 0 Å². The first-order valence-corrected chi connectivity index (χ1v) is 9.02. The molecule has 0 atom stereocenters. The number of carboxylic acid groups (broad SMARTS) is 1. The number of rotatable bonds is 5. The highest BCUT2D eigenvalue weighted by molar-refractivity contribution is 8.01. The van der Waals surface area contributed by atoms with Gasteiger partial charge in [-0.3, -0.25) is 4.79 Å². The first-order chi connectivity index (χ1) is 11.5. The van der Waals surface area contributed by atoms with Crippen molar-refractivity contribution in [3.05, 3.63) is 53.1 Å². The van der Waals surface area contributed by atoms with Crippen LogP contribution in [0.4, 0.5) is 5.69 Å². The van der Waals surface area contributed by atoms with Gasteiger partial charge in [0.15, 0.2) is 4.34 Å². The van der Waals surface area contributed by atoms with Crippen molar-refractivity contribution in [2.24, 2.45) is 0 Å². The highest BCUT2D eigenvalue weighted by Crippen LogP contribution is 2.29. The number of aromatic nitrogens is 1. The quantitative estimate of drug-likeness (QED) is 0.644. The summed E-state index contributed by atoms with van der Waals surface area (Å²) in [5.41, 5.74) is 1.08. The fourth-order valence-corrected chi connectivity index (χ4v) is 4.07. The second kappa shape index (κ2) is 7.21. The Morgan fingerprint density at radius 2 is 2.04 bits per heavy atom. The Morgan fingerprint density at radius 1 is 1.25 bits per heavy atom. The summed E-state index contributed by atoms with van der Waals surface area (Å²) in [5.74, 6) is -1.31. The third-order valence-corrected chi connectivity index (χ3v) is 5.50. The summed E-state index contributed by atoms with van der Waals surface area (Å²) in [6.45, 7) is 0. The van der Waals surface area contributed by atoms with E-state index < -0.39 is 5.97 Å². The lowest BCUT2D eigenvalue weighted by atomic mass is 10.2. The Kier molecular flexibility index (Phi) is 5.03. The van der Waals surface area contributed by atoms with Crippen molar-refractivity contribution in [1.29, 1.82) is 0 Å². The van der Waals surface area contributed by atoms with Gasteiger partial charge in [0.2, 0.25) is 5.91 Å². The van der Waals surface area contributed by atoms with Gasteiger partial charge in [-0.25, -0.2) is 9.78 Å². The van der Waals surface area contributed by atoms with Gasteiger partial charge in [-0.15, -0.1) is 11.3 Å². The molecule has 0 aliphatic rings. The van der Waals surface area contributed by atoms with Crippen molar-refractivity contribution >= 4 is 62.5 Å². The topological polar surface area (TPSA) is 79.3 Å². The number of carbonyl (C=O) groups excluding carboxylic acids is 1. The molecule has 0 aliphatic heterocycles. The first kappa shape index (κ1) is 16.8. The van der Waals surface area contributed by atoms with Crippen LogP contribution in [0.2, 0.25) is 5.02 Å². The van der Waals surface area contributed by atoms with Gasteiger partial charge in [0, 0.05) is 5.02 Å². The van der Waals surface area contributed by atoms with Crippen molar-refractivity contribution < 1.29 is 14.7 Å². The van der Waals surface area contributed by atoms with E-state index in [0.717, 1.165) is 14.6 Å². The number of anilines is 1. The molecule has 1 heterocycles. The summed E-state index contributed by atoms with van der Waals surface area (Å²) in [6, 6.07) is 12.0. The standard InChI is InChI=1S/C16H11ClN2O3S2/c17-9-5-6-10(15(21)22)12(7-9)18-14(20)8-23-16-19-11-3-1-2-4-13(11)24-16/h1-7H,8H2,(H,18,20)(H,21,22). The molecule has 0 aliphatic carbocycles. The third-order valence-electron chi connectivity index (χ3n) is 3.09. The van der Waals surface area contributed by atoms with E-state index in [1.165, 1.54) is 41.3 Å². The van der Waals surface area contributed by atoms with Crippen LogP contribution in [0.5, 0.6) is 0 Å². The molecular formula is C16H11ClN2O3S2. The second-order valence-corrected chi connectivity index (χ2v) is 7.47. The minimum absolute atomic E-state index is 0.00210. The average molecular weight is 379 g/mol. The zero-order valence-electron chi connectivity index (χ0n) is 12.2. The van der Waals surface area contributed by atoms with E-state index in [0.29, 0.717) is 5.02 Å². The number of hydrogen-bond donors (Lipinski definition) is 2. The molecule has 2 aromatic carbocycles. The number of para-hydroxylation sites is 1. The molecule has 8 heteroatoms. The predicted octanol–water partition coefficient (Wildman–Crippen LogP) is 4.38. The monoisotopic (exact) mass is 378 g/mol. The molecule has 0 saturated carbocycles. The van der Waals surface area contributed by atoms with E-state index in [4.69, 9.17) is 16.7 Å². The summed E-state index contributed by atoms with van der Waals surface area (Å²) in [7, 11) is 0. The molecule has 0 fully saturated rings. The second-order valence-electron chi connectivity index (χ2n) is 4.78. The van der Waals surface area contributed by atoms with Crippen molar-refractivity contribution in [2.75, 3.05) is 11.1 Å². The molecule has 0 unspecified atom stereocenters. The lowest BCUT2D eigenvalue weighted by Crippen LogP contribution is -2.16. The molecule has 1 amide bonds. The molecule has 0 saturated heterocycles. The molecule has 0 radical (unpaired) electrons. The van der Waals surface area contributed by atoms with E-state index in [2.05, 4.69) is 10.3 Å². The summed E-state index contributed by atoms with van der Waals surface area (Å²) in [4.78, 5) is 27.7. The van der Waals surface area contributed by atoms with Crippen LogP contribution in [0.15, 0.2) is 46.8 Å². The Morgan fingerprint density at radius 3 is 2.79 bits per heavy atom. The predicted molar refractivity (Wildman–Crippen MR) is 97.4 cm³/mol. The average Bonchev–Trinajstić information content (AvgIpc) is 2.95. The largest absolute Gasteiger partial charge is 0.478 e. The SMILES string of the molecule is O=C(CSc1nc2ccccc2s1)Nc1cc(Cl)ccc1C(=O)O. The molecule has 3 aromatic rings. The Hall–Kier alpha value is -2.09. The number of nitrogens with zero attached hydrogens (tertiary/aromatic N) is 1. The molecule has 5 nitrogen and oxygen atoms in total. The number of thiazole rings is 1. The van der Waals surface area contributed by atoms with Crippen molar-refractivity contribution in [1.82, 2.24) is 4.98 Å². The van der Waals surface area contributed by atoms with Gasteiger partial charge in [-0.1, -0.05) is 35.5 Å². The van der Waals surface area contributed by atoms with Crippen LogP contribution in [-0.2, 0) is 4.79 Å². The lowest BCUT2D eigenvalue weighted by molar-refractivity contribution is -0.113. The van der Waals surface area contributed by atoms with Gasteiger partial charge in [0.25, 0.3) is 0 Å². The highest BCUT2D eigenvalue weighted by Gasteiger charge is 2.14. The van der Waals surface area contributed by atoms with E-state index in [-0.39, 0.29) is 22.9 Å². The number of aromatic carboxylic acids is 1. The molecule has 3 rings (SSSR count). The number of nitrogens with one attached hydrogen (secondary N) is 1. The summed E-state index contributed by atoms with van der Waals surface area (Å²) < 4.78 is 1.85. The minimum atomic E-state index is -1.12. The molecule has 24 heavy (non-hydrogen) atoms. The number of fused-ring (bicyclic) bond motifs is 1. The van der Waals surface area contributed by atoms with Gasteiger partial charge in [0.05, 0.1) is 27.2 Å². The maximum absolute atomic E-state index is 12.1. The van der Waals surface area contributed by atoms with Gasteiger partial charge in [-0.05, 0) is 30.3 Å². The lowest BCUT2D eigenvalue weighted by Gasteiger charge is -2.08. The molecular weight excluding hydrogens is 368 g/mol. The van der Waals surface area contributed by atoms with Gasteiger partial charge < -0.3 is 10.4 Å². The Bertz CT molecular complexity index is 894. The van der Waals surface area contributed by atoms with E-state index in [1.807, 2.05) is 24.3 Å². The van der Waals surface area contributed by atoms with Crippen molar-refractivity contribution in [3.63, 3.8) is 0 Å². The van der Waals surface area contributed by atoms with E-state index >= 15 is 0 Å². The maximum atomic E-state index is 12.1. The molecule has 0 spiro atoms. The number of carboxylic acids is 1. The van der Waals surface area contributed by atoms with Crippen molar-refractivity contribution in [3.8, 4) is 0 Å². The van der Waals surface area contributed by atoms with Crippen LogP contribution in [0, 0.1) is 0 Å². The number of benzene rings is 2. The summed E-state index contributed by atoms with van der Waals surface area (Å²) >= 11 is 8.68. The molecule has 1 aromatic heterocycles. The minimum Gasteiger partial charge on any atom is -0.478 e. The molecule has 0 bridgehead atoms. The zero-order valence-corrected chi connectivity index (χ0v) is 14.5. The molecule has 2 N–H and O–H groups in total. The van der Waals surface area contributed by atoms with Crippen LogP contribution in [0.1, 0.15) is 10.4 Å². The maximum Gasteiger partial charge on any atom is 0.337 e. The Balaban J connectivity index is 1.67. The number of amides is 1. The van der Waals surface area contributed by atoms with Gasteiger partial charge in [0.1, 0.15) is 0 Å². The van der Waals surface area contributed by atoms with Gasteiger partial charge >= 0.3 is 5.97 Å². The third kappa shape index (κ3) is 3.87. The van der Waals surface area contributed by atoms with Gasteiger partial charge in [-0.2, -0.15) is 0 Å². The number of hydrogen-bond acceptors (Lipinski definition) is 5. The highest BCUT2D eigenvalue weighted by atomic mass is 35.5. The zero-order chi connectivity index (χ0) is 17.1. The van der Waals surface area contributed by atoms with Crippen LogP contribution >= 0.6 is 34.7 Å². The summed E-state index contributed by atoms with van der Waals surface area (Å²) in [5, 5.41) is 12.1. The van der Waals surface area contributed by atoms with E-state index in [9.17, 15) is 9.59 Å². The number of halogens is 1. The first-order valence-electron chi connectivity index (χ1n) is 6.84. The Labute approximate surface area is 150 Å². The summed E-state index contributed by atoms with van der Waals surface area (Å²) in [6.07, 6.45) is 0. The fraction of sp³-hybridized carbons (Fsp3) is 0.0625. The smallest absolute Gasteiger partial charge is 0.337 e. The van der Waals surface area contributed by atoms with Crippen molar-refractivity contribution in [2.45, 2.75) is 4.34 Å². The van der Waals surface area contributed by atoms with Crippen LogP contribution in [-0.4, -0.2) is 27.7 Å². The fourth-order valence-electron chi connectivity index (χ4n) is 2.03. The number of thioether (sulfide) groups is 1. The normalized spacial score (nSPS) is 10.7. The van der Waals surface area contributed by atoms with Crippen LogP contribution in [0.25, 0.3) is 10.2 Å².